The van der Waals surface area contributed by atoms with Gasteiger partial charge in [-0.05, 0) is 6.07 Å². The second kappa shape index (κ2) is 5.05. The first kappa shape index (κ1) is 11.7. The number of para-hydroxylation sites is 1. The van der Waals surface area contributed by atoms with Gasteiger partial charge >= 0.3 is 5.97 Å². The van der Waals surface area contributed by atoms with Crippen LogP contribution < -0.4 is 15.2 Å². The summed E-state index contributed by atoms with van der Waals surface area (Å²) in [5.74, 6) is 0.771. The molecule has 2 N–H and O–H groups in total. The normalized spacial score (nSPS) is 18.9. The second-order valence-corrected chi connectivity index (χ2v) is 3.72. The smallest absolute Gasteiger partial charge is 0.347 e. The van der Waals surface area contributed by atoms with Gasteiger partial charge in [0, 0.05) is 18.5 Å². The molecule has 0 amide bonds. The maximum atomic E-state index is 11.4. The highest BCUT2D eigenvalue weighted by Crippen LogP contribution is 2.32. The molecule has 17 heavy (non-hydrogen) atoms. The molecule has 1 saturated heterocycles. The fourth-order valence-corrected chi connectivity index (χ4v) is 1.74. The van der Waals surface area contributed by atoms with Crippen molar-refractivity contribution in [2.75, 3.05) is 13.7 Å². The summed E-state index contributed by atoms with van der Waals surface area (Å²) in [6.45, 7) is 0.727. The van der Waals surface area contributed by atoms with Gasteiger partial charge in [0.05, 0.1) is 13.7 Å². The molecule has 1 unspecified atom stereocenters. The van der Waals surface area contributed by atoms with E-state index in [1.807, 2.05) is 12.1 Å². The summed E-state index contributed by atoms with van der Waals surface area (Å²) >= 11 is 0. The first-order valence-corrected chi connectivity index (χ1v) is 5.45. The van der Waals surface area contributed by atoms with Crippen LogP contribution in [-0.2, 0) is 16.1 Å². The Morgan fingerprint density at radius 1 is 1.53 bits per heavy atom. The van der Waals surface area contributed by atoms with Crippen LogP contribution in [0.4, 0.5) is 0 Å². The molecule has 1 fully saturated rings. The third-order valence-corrected chi connectivity index (χ3v) is 2.65. The molecule has 0 aliphatic carbocycles. The Morgan fingerprint density at radius 3 is 2.94 bits per heavy atom. The number of methoxy groups -OCH3 is 1. The zero-order valence-electron chi connectivity index (χ0n) is 9.64. The van der Waals surface area contributed by atoms with E-state index < -0.39 is 6.10 Å². The lowest BCUT2D eigenvalue weighted by molar-refractivity contribution is -0.143. The molecule has 0 spiro atoms. The van der Waals surface area contributed by atoms with Crippen LogP contribution in [0.2, 0.25) is 0 Å². The zero-order valence-corrected chi connectivity index (χ0v) is 9.64. The SMILES string of the molecule is COc1cccc(CN)c1OC1CCOC1=O. The molecule has 5 nitrogen and oxygen atoms in total. The fourth-order valence-electron chi connectivity index (χ4n) is 1.74. The molecule has 1 aromatic carbocycles. The molecule has 1 aromatic rings. The lowest BCUT2D eigenvalue weighted by Crippen LogP contribution is -2.23. The van der Waals surface area contributed by atoms with Gasteiger partial charge in [-0.15, -0.1) is 0 Å². The van der Waals surface area contributed by atoms with Gasteiger partial charge in [-0.2, -0.15) is 0 Å². The third kappa shape index (κ3) is 2.34. The monoisotopic (exact) mass is 237 g/mol. The standard InChI is InChI=1S/C12H15NO4/c1-15-9-4-2-3-8(7-13)11(9)17-10-5-6-16-12(10)14/h2-4,10H,5-7,13H2,1H3. The van der Waals surface area contributed by atoms with Crippen LogP contribution in [0.1, 0.15) is 12.0 Å². The van der Waals surface area contributed by atoms with Crippen molar-refractivity contribution < 1.29 is 19.0 Å². The van der Waals surface area contributed by atoms with Crippen LogP contribution >= 0.6 is 0 Å². The van der Waals surface area contributed by atoms with E-state index in [1.54, 1.807) is 13.2 Å². The van der Waals surface area contributed by atoms with Gasteiger partial charge in [-0.1, -0.05) is 12.1 Å². The van der Waals surface area contributed by atoms with Crippen molar-refractivity contribution in [1.82, 2.24) is 0 Å². The van der Waals surface area contributed by atoms with Crippen LogP contribution in [0.3, 0.4) is 0 Å². The molecule has 92 valence electrons. The molecule has 0 radical (unpaired) electrons. The summed E-state index contributed by atoms with van der Waals surface area (Å²) < 4.78 is 15.7. The van der Waals surface area contributed by atoms with Gasteiger partial charge < -0.3 is 19.9 Å². The molecular weight excluding hydrogens is 222 g/mol. The number of carbonyl (C=O) groups excluding carboxylic acids is 1. The Kier molecular flexibility index (Phi) is 3.49. The van der Waals surface area contributed by atoms with E-state index in [0.717, 1.165) is 5.56 Å². The van der Waals surface area contributed by atoms with Crippen LogP contribution in [-0.4, -0.2) is 25.8 Å². The fraction of sp³-hybridized carbons (Fsp3) is 0.417. The molecule has 0 saturated carbocycles. The van der Waals surface area contributed by atoms with Crippen molar-refractivity contribution in [3.63, 3.8) is 0 Å². The Labute approximate surface area is 99.5 Å². The molecule has 1 aliphatic heterocycles. The molecule has 0 bridgehead atoms. The molecule has 0 aromatic heterocycles. The highest BCUT2D eigenvalue weighted by molar-refractivity contribution is 5.77. The molecular formula is C12H15NO4. The number of hydrogen-bond acceptors (Lipinski definition) is 5. The van der Waals surface area contributed by atoms with Crippen molar-refractivity contribution in [2.24, 2.45) is 5.73 Å². The first-order chi connectivity index (χ1) is 8.26. The topological polar surface area (TPSA) is 70.8 Å². The quantitative estimate of drug-likeness (QED) is 0.786. The van der Waals surface area contributed by atoms with Crippen LogP contribution in [0, 0.1) is 0 Å². The molecule has 2 rings (SSSR count). The Morgan fingerprint density at radius 2 is 2.35 bits per heavy atom. The minimum atomic E-state index is -0.559. The van der Waals surface area contributed by atoms with Crippen molar-refractivity contribution >= 4 is 5.97 Å². The average molecular weight is 237 g/mol. The second-order valence-electron chi connectivity index (χ2n) is 3.72. The first-order valence-electron chi connectivity index (χ1n) is 5.45. The number of esters is 1. The summed E-state index contributed by atoms with van der Waals surface area (Å²) in [5.41, 5.74) is 6.44. The number of ether oxygens (including phenoxy) is 3. The highest BCUT2D eigenvalue weighted by Gasteiger charge is 2.29. The minimum Gasteiger partial charge on any atom is -0.493 e. The Balaban J connectivity index is 2.26. The number of benzene rings is 1. The van der Waals surface area contributed by atoms with Gasteiger partial charge in [0.2, 0.25) is 0 Å². The molecule has 5 heteroatoms. The van der Waals surface area contributed by atoms with Gasteiger partial charge in [0.25, 0.3) is 0 Å². The van der Waals surface area contributed by atoms with Crippen LogP contribution in [0.25, 0.3) is 0 Å². The Bertz CT molecular complexity index is 397. The summed E-state index contributed by atoms with van der Waals surface area (Å²) in [6, 6.07) is 5.45. The van der Waals surface area contributed by atoms with E-state index in [-0.39, 0.29) is 5.97 Å². The van der Waals surface area contributed by atoms with Crippen LogP contribution in [0.5, 0.6) is 11.5 Å². The van der Waals surface area contributed by atoms with Gasteiger partial charge in [0.1, 0.15) is 0 Å². The number of rotatable bonds is 4. The lowest BCUT2D eigenvalue weighted by Gasteiger charge is -2.16. The number of nitrogens with two attached hydrogens (primary N) is 1. The van der Waals surface area contributed by atoms with Crippen molar-refractivity contribution in [3.8, 4) is 11.5 Å². The van der Waals surface area contributed by atoms with Crippen LogP contribution in [0.15, 0.2) is 18.2 Å². The number of carbonyl (C=O) groups is 1. The summed E-state index contributed by atoms with van der Waals surface area (Å²) in [7, 11) is 1.55. The van der Waals surface area contributed by atoms with E-state index in [0.29, 0.717) is 31.1 Å². The van der Waals surface area contributed by atoms with E-state index in [4.69, 9.17) is 19.9 Å². The lowest BCUT2D eigenvalue weighted by atomic mass is 10.2. The predicted molar refractivity (Wildman–Crippen MR) is 60.9 cm³/mol. The highest BCUT2D eigenvalue weighted by atomic mass is 16.6. The van der Waals surface area contributed by atoms with Crippen molar-refractivity contribution in [1.29, 1.82) is 0 Å². The van der Waals surface area contributed by atoms with Gasteiger partial charge in [0.15, 0.2) is 17.6 Å². The summed E-state index contributed by atoms with van der Waals surface area (Å²) in [4.78, 5) is 11.4. The molecule has 1 heterocycles. The van der Waals surface area contributed by atoms with Crippen molar-refractivity contribution in [2.45, 2.75) is 19.1 Å². The maximum absolute atomic E-state index is 11.4. The zero-order chi connectivity index (χ0) is 12.3. The number of cyclic esters (lactones) is 1. The minimum absolute atomic E-state index is 0.328. The van der Waals surface area contributed by atoms with E-state index in [1.165, 1.54) is 0 Å². The van der Waals surface area contributed by atoms with E-state index in [9.17, 15) is 4.79 Å². The van der Waals surface area contributed by atoms with Crippen molar-refractivity contribution in [3.05, 3.63) is 23.8 Å². The van der Waals surface area contributed by atoms with E-state index >= 15 is 0 Å². The maximum Gasteiger partial charge on any atom is 0.347 e. The Hall–Kier alpha value is -1.75. The largest absolute Gasteiger partial charge is 0.493 e. The van der Waals surface area contributed by atoms with Gasteiger partial charge in [-0.25, -0.2) is 4.79 Å². The number of hydrogen-bond donors (Lipinski definition) is 1. The third-order valence-electron chi connectivity index (χ3n) is 2.65. The summed E-state index contributed by atoms with van der Waals surface area (Å²) in [5, 5.41) is 0. The predicted octanol–water partition coefficient (Wildman–Crippen LogP) is 0.848. The molecule has 1 aliphatic rings. The molecule has 1 atom stereocenters. The average Bonchev–Trinajstić information content (AvgIpc) is 2.75. The summed E-state index contributed by atoms with van der Waals surface area (Å²) in [6.07, 6.45) is -0.00226. The van der Waals surface area contributed by atoms with E-state index in [2.05, 4.69) is 0 Å². The van der Waals surface area contributed by atoms with Gasteiger partial charge in [-0.3, -0.25) is 0 Å².